The van der Waals surface area contributed by atoms with Crippen LogP contribution >= 0.6 is 22.6 Å². The molecule has 4 unspecified atom stereocenters. The van der Waals surface area contributed by atoms with E-state index >= 15 is 0 Å². The predicted molar refractivity (Wildman–Crippen MR) is 134 cm³/mol. The number of benzene rings is 2. The van der Waals surface area contributed by atoms with Crippen molar-refractivity contribution in [2.24, 2.45) is 11.8 Å². The minimum Gasteiger partial charge on any atom is -0.504 e. The topological polar surface area (TPSA) is 61.8 Å². The van der Waals surface area contributed by atoms with E-state index in [2.05, 4.69) is 38.9 Å². The van der Waals surface area contributed by atoms with E-state index in [4.69, 9.17) is 4.74 Å². The molecule has 5 nitrogen and oxygen atoms in total. The molecule has 6 heteroatoms. The monoisotopic (exact) mass is 556 g/mol. The van der Waals surface area contributed by atoms with Gasteiger partial charge in [0.05, 0.1) is 6.04 Å². The van der Waals surface area contributed by atoms with Crippen LogP contribution in [0.4, 0.5) is 0 Å². The van der Waals surface area contributed by atoms with E-state index < -0.39 is 0 Å². The SMILES string of the molecule is O=C(N[C@@H]1CCC2C3Cc4ccc(O)c5c4C2(CCN3CC2CC2)C1O5)c1cccc(I)c1. The van der Waals surface area contributed by atoms with Crippen LogP contribution in [0.3, 0.4) is 0 Å². The summed E-state index contributed by atoms with van der Waals surface area (Å²) in [5.41, 5.74) is 3.19. The molecular weight excluding hydrogens is 527 g/mol. The first-order valence-corrected chi connectivity index (χ1v) is 13.4. The molecule has 2 saturated carbocycles. The maximum absolute atomic E-state index is 13.2. The van der Waals surface area contributed by atoms with Crippen LogP contribution in [0.15, 0.2) is 36.4 Å². The average molecular weight is 556 g/mol. The van der Waals surface area contributed by atoms with Crippen LogP contribution in [0, 0.1) is 15.4 Å². The summed E-state index contributed by atoms with van der Waals surface area (Å²) in [6.45, 7) is 2.32. The number of phenols is 1. The number of nitrogens with zero attached hydrogens (tertiary/aromatic N) is 1. The van der Waals surface area contributed by atoms with Crippen molar-refractivity contribution in [2.75, 3.05) is 13.1 Å². The Hall–Kier alpha value is -1.80. The number of halogens is 1. The number of amides is 1. The molecule has 7 rings (SSSR count). The highest BCUT2D eigenvalue weighted by molar-refractivity contribution is 14.1. The quantitative estimate of drug-likeness (QED) is 0.554. The van der Waals surface area contributed by atoms with Crippen molar-refractivity contribution < 1.29 is 14.6 Å². The van der Waals surface area contributed by atoms with Gasteiger partial charge in [0.2, 0.25) is 0 Å². The minimum atomic E-state index is -0.115. The molecule has 2 N–H and O–H groups in total. The number of piperidine rings is 1. The van der Waals surface area contributed by atoms with Crippen LogP contribution in [-0.4, -0.2) is 47.2 Å². The Morgan fingerprint density at radius 3 is 2.91 bits per heavy atom. The molecule has 0 aromatic heterocycles. The highest BCUT2D eigenvalue weighted by Gasteiger charge is 2.66. The van der Waals surface area contributed by atoms with E-state index in [1.807, 2.05) is 30.3 Å². The highest BCUT2D eigenvalue weighted by atomic mass is 127. The first-order valence-electron chi connectivity index (χ1n) is 12.4. The Morgan fingerprint density at radius 2 is 2.09 bits per heavy atom. The number of rotatable bonds is 4. The summed E-state index contributed by atoms with van der Waals surface area (Å²) in [6.07, 6.45) is 6.76. The zero-order valence-corrected chi connectivity index (χ0v) is 20.8. The van der Waals surface area contributed by atoms with E-state index in [0.717, 1.165) is 41.7 Å². The predicted octanol–water partition coefficient (Wildman–Crippen LogP) is 4.24. The van der Waals surface area contributed by atoms with Gasteiger partial charge in [0.15, 0.2) is 11.5 Å². The van der Waals surface area contributed by atoms with Crippen LogP contribution < -0.4 is 10.1 Å². The smallest absolute Gasteiger partial charge is 0.251 e. The van der Waals surface area contributed by atoms with Crippen molar-refractivity contribution in [3.8, 4) is 11.5 Å². The minimum absolute atomic E-state index is 0.0316. The second-order valence-electron chi connectivity index (χ2n) is 10.8. The molecule has 33 heavy (non-hydrogen) atoms. The molecule has 2 heterocycles. The van der Waals surface area contributed by atoms with Gasteiger partial charge in [-0.1, -0.05) is 12.1 Å². The lowest BCUT2D eigenvalue weighted by Gasteiger charge is -2.59. The molecule has 1 amide bonds. The number of phenolic OH excluding ortho intramolecular Hbond substituents is 1. The molecule has 3 fully saturated rings. The van der Waals surface area contributed by atoms with E-state index in [-0.39, 0.29) is 29.2 Å². The molecule has 1 spiro atoms. The van der Waals surface area contributed by atoms with E-state index in [9.17, 15) is 9.90 Å². The largest absolute Gasteiger partial charge is 0.504 e. The van der Waals surface area contributed by atoms with Crippen molar-refractivity contribution >= 4 is 28.5 Å². The van der Waals surface area contributed by atoms with E-state index in [1.165, 1.54) is 30.5 Å². The molecule has 2 aliphatic heterocycles. The number of nitrogens with one attached hydrogen (secondary N) is 1. The van der Waals surface area contributed by atoms with Crippen LogP contribution in [0.1, 0.15) is 53.6 Å². The van der Waals surface area contributed by atoms with Crippen LogP contribution in [0.5, 0.6) is 11.5 Å². The number of carbonyl (C=O) groups excluding carboxylic acids is 1. The third-order valence-corrected chi connectivity index (χ3v) is 9.70. The van der Waals surface area contributed by atoms with E-state index in [0.29, 0.717) is 23.3 Å². The van der Waals surface area contributed by atoms with Gasteiger partial charge in [-0.15, -0.1) is 0 Å². The fourth-order valence-corrected chi connectivity index (χ4v) is 8.06. The van der Waals surface area contributed by atoms with Gasteiger partial charge in [0.1, 0.15) is 6.10 Å². The van der Waals surface area contributed by atoms with Gasteiger partial charge in [-0.05, 0) is 109 Å². The van der Waals surface area contributed by atoms with Crippen molar-refractivity contribution in [3.63, 3.8) is 0 Å². The zero-order chi connectivity index (χ0) is 22.3. The number of ether oxygens (including phenoxy) is 1. The zero-order valence-electron chi connectivity index (χ0n) is 18.6. The summed E-state index contributed by atoms with van der Waals surface area (Å²) in [6, 6.07) is 12.2. The number of aromatic hydroxyl groups is 1. The molecule has 0 radical (unpaired) electrons. The molecule has 2 aromatic carbocycles. The molecule has 172 valence electrons. The average Bonchev–Trinajstić information content (AvgIpc) is 3.55. The summed E-state index contributed by atoms with van der Waals surface area (Å²) in [7, 11) is 0. The fourth-order valence-electron chi connectivity index (χ4n) is 7.51. The number of hydrogen-bond donors (Lipinski definition) is 2. The summed E-state index contributed by atoms with van der Waals surface area (Å²) in [5, 5.41) is 14.1. The standard InChI is InChI=1S/C27H29IN2O3/c28-18-3-1-2-17(12-18)26(32)29-20-8-7-19-21-13-16-6-9-22(31)24-23(16)27(19,25(20)33-24)10-11-30(21)14-15-4-5-15/h1-3,6,9,12,15,19-21,25,31H,4-5,7-8,10-11,13-14H2,(H,29,32)/t19?,20-,21?,25?,27?/m1/s1. The molecule has 2 aromatic rings. The lowest BCUT2D eigenvalue weighted by atomic mass is 9.51. The number of hydrogen-bond acceptors (Lipinski definition) is 4. The maximum atomic E-state index is 13.2. The second kappa shape index (κ2) is 7.35. The lowest BCUT2D eigenvalue weighted by molar-refractivity contribution is -0.0647. The summed E-state index contributed by atoms with van der Waals surface area (Å²) < 4.78 is 7.68. The van der Waals surface area contributed by atoms with Gasteiger partial charge in [0.25, 0.3) is 5.91 Å². The highest BCUT2D eigenvalue weighted by Crippen LogP contribution is 2.64. The lowest BCUT2D eigenvalue weighted by Crippen LogP contribution is -2.69. The molecule has 5 aliphatic rings. The third-order valence-electron chi connectivity index (χ3n) is 9.03. The van der Waals surface area contributed by atoms with Crippen molar-refractivity contribution in [1.82, 2.24) is 10.2 Å². The van der Waals surface area contributed by atoms with Crippen LogP contribution in [-0.2, 0) is 11.8 Å². The van der Waals surface area contributed by atoms with E-state index in [1.54, 1.807) is 0 Å². The van der Waals surface area contributed by atoms with Crippen LogP contribution in [0.25, 0.3) is 0 Å². The number of carbonyl (C=O) groups is 1. The molecule has 2 bridgehead atoms. The summed E-state index contributed by atoms with van der Waals surface area (Å²) in [4.78, 5) is 15.9. The Balaban J connectivity index is 1.26. The summed E-state index contributed by atoms with van der Waals surface area (Å²) >= 11 is 2.25. The van der Waals surface area contributed by atoms with Gasteiger partial charge in [-0.25, -0.2) is 0 Å². The number of likely N-dealkylation sites (tertiary alicyclic amines) is 1. The normalized spacial score (nSPS) is 33.8. The van der Waals surface area contributed by atoms with Gasteiger partial charge < -0.3 is 15.2 Å². The Labute approximate surface area is 208 Å². The maximum Gasteiger partial charge on any atom is 0.251 e. The van der Waals surface area contributed by atoms with Gasteiger partial charge in [-0.3, -0.25) is 9.69 Å². The molecular formula is C27H29IN2O3. The van der Waals surface area contributed by atoms with Crippen molar-refractivity contribution in [1.29, 1.82) is 0 Å². The van der Waals surface area contributed by atoms with Crippen molar-refractivity contribution in [3.05, 3.63) is 56.7 Å². The van der Waals surface area contributed by atoms with Crippen LogP contribution in [0.2, 0.25) is 0 Å². The first kappa shape index (κ1) is 20.6. The van der Waals surface area contributed by atoms with Gasteiger partial charge in [-0.2, -0.15) is 0 Å². The summed E-state index contributed by atoms with van der Waals surface area (Å²) in [5.74, 6) is 2.31. The first-order chi connectivity index (χ1) is 16.0. The van der Waals surface area contributed by atoms with Gasteiger partial charge >= 0.3 is 0 Å². The second-order valence-corrected chi connectivity index (χ2v) is 12.0. The fraction of sp³-hybridized carbons (Fsp3) is 0.519. The van der Waals surface area contributed by atoms with Crippen molar-refractivity contribution in [2.45, 2.75) is 62.1 Å². The van der Waals surface area contributed by atoms with Gasteiger partial charge in [0, 0.05) is 32.7 Å². The molecule has 5 atom stereocenters. The molecule has 3 aliphatic carbocycles. The Morgan fingerprint density at radius 1 is 1.21 bits per heavy atom. The Kier molecular flexibility index (Phi) is 4.58. The third kappa shape index (κ3) is 3.02. The Bertz CT molecular complexity index is 1150. The molecule has 1 saturated heterocycles.